The zero-order valence-corrected chi connectivity index (χ0v) is 18.1. The minimum absolute atomic E-state index is 0.0270. The van der Waals surface area contributed by atoms with E-state index in [0.717, 1.165) is 42.7 Å². The fraction of sp³-hybridized carbons (Fsp3) is 0.360. The summed E-state index contributed by atoms with van der Waals surface area (Å²) in [5.41, 5.74) is 3.42. The number of nitrogens with one attached hydrogen (secondary N) is 1. The van der Waals surface area contributed by atoms with Crippen LogP contribution in [0.5, 0.6) is 11.5 Å². The highest BCUT2D eigenvalue weighted by atomic mass is 16.5. The smallest absolute Gasteiger partial charge is 0.273 e. The topological polar surface area (TPSA) is 87.7 Å². The van der Waals surface area contributed by atoms with E-state index in [9.17, 15) is 9.90 Å². The Balaban J connectivity index is 1.57. The minimum Gasteiger partial charge on any atom is -0.507 e. The third-order valence-electron chi connectivity index (χ3n) is 6.12. The van der Waals surface area contributed by atoms with Gasteiger partial charge in [-0.25, -0.2) is 0 Å². The molecule has 2 atom stereocenters. The van der Waals surface area contributed by atoms with Gasteiger partial charge in [-0.3, -0.25) is 9.89 Å². The first-order chi connectivity index (χ1) is 15.7. The van der Waals surface area contributed by atoms with E-state index in [4.69, 9.17) is 9.47 Å². The first-order valence-corrected chi connectivity index (χ1v) is 11.2. The van der Waals surface area contributed by atoms with E-state index >= 15 is 0 Å². The number of rotatable bonds is 7. The van der Waals surface area contributed by atoms with Gasteiger partial charge in [0.25, 0.3) is 5.91 Å². The number of nitrogens with zero attached hydrogens (tertiary/aromatic N) is 2. The summed E-state index contributed by atoms with van der Waals surface area (Å²) in [5.74, 6) is 0.841. The second-order valence-electron chi connectivity index (χ2n) is 8.29. The fourth-order valence-corrected chi connectivity index (χ4v) is 4.58. The number of aromatic amines is 1. The molecule has 1 saturated heterocycles. The van der Waals surface area contributed by atoms with Crippen molar-refractivity contribution in [3.05, 3.63) is 65.4 Å². The van der Waals surface area contributed by atoms with E-state index in [0.29, 0.717) is 30.1 Å². The lowest BCUT2D eigenvalue weighted by molar-refractivity contribution is 0.0495. The number of benzene rings is 2. The van der Waals surface area contributed by atoms with Gasteiger partial charge >= 0.3 is 0 Å². The molecule has 1 fully saturated rings. The molecular formula is C25H27N3O4. The third kappa shape index (κ3) is 3.62. The number of phenolic OH excluding ortho intramolecular Hbond substituents is 1. The molecule has 32 heavy (non-hydrogen) atoms. The van der Waals surface area contributed by atoms with E-state index in [1.54, 1.807) is 12.1 Å². The Labute approximate surface area is 187 Å². The molecule has 7 nitrogen and oxygen atoms in total. The van der Waals surface area contributed by atoms with Crippen molar-refractivity contribution in [3.8, 4) is 22.8 Å². The Morgan fingerprint density at radius 3 is 2.75 bits per heavy atom. The van der Waals surface area contributed by atoms with Crippen LogP contribution >= 0.6 is 0 Å². The van der Waals surface area contributed by atoms with Crippen LogP contribution < -0.4 is 4.74 Å². The molecule has 0 radical (unpaired) electrons. The van der Waals surface area contributed by atoms with E-state index in [-0.39, 0.29) is 23.8 Å². The van der Waals surface area contributed by atoms with Gasteiger partial charge in [-0.05, 0) is 49.1 Å². The van der Waals surface area contributed by atoms with Crippen molar-refractivity contribution in [2.45, 2.75) is 38.3 Å². The van der Waals surface area contributed by atoms with Crippen molar-refractivity contribution in [2.75, 3.05) is 19.8 Å². The first-order valence-electron chi connectivity index (χ1n) is 11.2. The maximum Gasteiger partial charge on any atom is 0.273 e. The lowest BCUT2D eigenvalue weighted by atomic mass is 9.95. The van der Waals surface area contributed by atoms with E-state index < -0.39 is 0 Å². The number of carbonyl (C=O) groups excluding carboxylic acids is 1. The van der Waals surface area contributed by atoms with Gasteiger partial charge in [-0.15, -0.1) is 0 Å². The summed E-state index contributed by atoms with van der Waals surface area (Å²) >= 11 is 0. The van der Waals surface area contributed by atoms with Crippen molar-refractivity contribution in [3.63, 3.8) is 0 Å². The Morgan fingerprint density at radius 2 is 2.03 bits per heavy atom. The highest BCUT2D eigenvalue weighted by molar-refractivity contribution is 6.00. The molecule has 7 heteroatoms. The normalized spacial score (nSPS) is 20.0. The summed E-state index contributed by atoms with van der Waals surface area (Å²) in [7, 11) is 0. The predicted molar refractivity (Wildman–Crippen MR) is 120 cm³/mol. The van der Waals surface area contributed by atoms with Crippen LogP contribution in [-0.2, 0) is 4.74 Å². The molecule has 0 saturated carbocycles. The van der Waals surface area contributed by atoms with Gasteiger partial charge < -0.3 is 19.5 Å². The van der Waals surface area contributed by atoms with Gasteiger partial charge in [-0.1, -0.05) is 31.2 Å². The molecule has 1 aromatic heterocycles. The second kappa shape index (κ2) is 8.67. The zero-order chi connectivity index (χ0) is 22.1. The molecule has 5 rings (SSSR count). The van der Waals surface area contributed by atoms with E-state index in [2.05, 4.69) is 17.1 Å². The van der Waals surface area contributed by atoms with Crippen LogP contribution in [0.15, 0.2) is 48.5 Å². The number of amides is 1. The third-order valence-corrected chi connectivity index (χ3v) is 6.12. The standard InChI is InChI=1S/C25H27N3O4/c1-2-13-31-17-11-9-16(10-12-17)24-21-22(19-7-3-4-8-20(19)29)26-27-23(21)25(30)28(24)15-18-6-5-14-32-18/h3-4,7-12,18,24,29H,2,5-6,13-15H2,1H3,(H,26,27)/t18-,24+/m0/s1. The molecule has 1 amide bonds. The summed E-state index contributed by atoms with van der Waals surface area (Å²) < 4.78 is 11.6. The van der Waals surface area contributed by atoms with E-state index in [1.807, 2.05) is 41.3 Å². The minimum atomic E-state index is -0.324. The predicted octanol–water partition coefficient (Wildman–Crippen LogP) is 4.30. The van der Waals surface area contributed by atoms with Crippen molar-refractivity contribution in [2.24, 2.45) is 0 Å². The van der Waals surface area contributed by atoms with E-state index in [1.165, 1.54) is 0 Å². The Kier molecular flexibility index (Phi) is 5.57. The molecule has 0 bridgehead atoms. The fourth-order valence-electron chi connectivity index (χ4n) is 4.58. The molecule has 3 heterocycles. The van der Waals surface area contributed by atoms with Crippen LogP contribution in [0.4, 0.5) is 0 Å². The average molecular weight is 434 g/mol. The van der Waals surface area contributed by atoms with Crippen LogP contribution in [0.25, 0.3) is 11.3 Å². The largest absolute Gasteiger partial charge is 0.507 e. The highest BCUT2D eigenvalue weighted by Crippen LogP contribution is 2.45. The maximum absolute atomic E-state index is 13.4. The van der Waals surface area contributed by atoms with Crippen LogP contribution in [0.3, 0.4) is 0 Å². The molecule has 2 N–H and O–H groups in total. The summed E-state index contributed by atoms with van der Waals surface area (Å²) in [6, 6.07) is 14.6. The summed E-state index contributed by atoms with van der Waals surface area (Å²) in [5, 5.41) is 17.8. The number of hydrogen-bond acceptors (Lipinski definition) is 5. The highest BCUT2D eigenvalue weighted by Gasteiger charge is 2.43. The van der Waals surface area contributed by atoms with Crippen LogP contribution in [0.2, 0.25) is 0 Å². The second-order valence-corrected chi connectivity index (χ2v) is 8.29. The number of carbonyl (C=O) groups is 1. The molecule has 0 aliphatic carbocycles. The van der Waals surface area contributed by atoms with Crippen LogP contribution in [-0.4, -0.2) is 52.0 Å². The van der Waals surface area contributed by atoms with Gasteiger partial charge in [0.05, 0.1) is 18.8 Å². The molecule has 2 aromatic carbocycles. The Hall–Kier alpha value is -3.32. The van der Waals surface area contributed by atoms with Crippen LogP contribution in [0, 0.1) is 0 Å². The van der Waals surface area contributed by atoms with Gasteiger partial charge in [0.1, 0.15) is 22.9 Å². The number of fused-ring (bicyclic) bond motifs is 1. The van der Waals surface area contributed by atoms with Gasteiger partial charge in [-0.2, -0.15) is 5.10 Å². The number of H-pyrrole nitrogens is 1. The lowest BCUT2D eigenvalue weighted by Gasteiger charge is -2.28. The molecule has 2 aliphatic heterocycles. The molecule has 166 valence electrons. The zero-order valence-electron chi connectivity index (χ0n) is 18.1. The molecule has 3 aromatic rings. The number of hydrogen-bond donors (Lipinski definition) is 2. The Bertz CT molecular complexity index is 1100. The Morgan fingerprint density at radius 1 is 1.22 bits per heavy atom. The molecular weight excluding hydrogens is 406 g/mol. The molecule has 0 spiro atoms. The number of phenols is 1. The maximum atomic E-state index is 13.4. The number of aromatic nitrogens is 2. The quantitative estimate of drug-likeness (QED) is 0.580. The summed E-state index contributed by atoms with van der Waals surface area (Å²) in [4.78, 5) is 15.3. The average Bonchev–Trinajstić information content (AvgIpc) is 3.53. The first kappa shape index (κ1) is 20.6. The van der Waals surface area contributed by atoms with Gasteiger partial charge in [0.15, 0.2) is 0 Å². The number of para-hydroxylation sites is 1. The lowest BCUT2D eigenvalue weighted by Crippen LogP contribution is -2.36. The van der Waals surface area contributed by atoms with Crippen molar-refractivity contribution in [1.29, 1.82) is 0 Å². The number of aromatic hydroxyl groups is 1. The summed E-state index contributed by atoms with van der Waals surface area (Å²) in [6.45, 7) is 3.98. The molecule has 2 aliphatic rings. The van der Waals surface area contributed by atoms with Crippen molar-refractivity contribution < 1.29 is 19.4 Å². The monoisotopic (exact) mass is 433 g/mol. The molecule has 0 unspecified atom stereocenters. The van der Waals surface area contributed by atoms with Crippen molar-refractivity contribution >= 4 is 5.91 Å². The SMILES string of the molecule is CCCOc1ccc([C@@H]2c3c(-c4ccccc4O)n[nH]c3C(=O)N2C[C@@H]2CCCO2)cc1. The van der Waals surface area contributed by atoms with Crippen LogP contribution in [0.1, 0.15) is 53.8 Å². The summed E-state index contributed by atoms with van der Waals surface area (Å²) in [6.07, 6.45) is 2.92. The van der Waals surface area contributed by atoms with Crippen molar-refractivity contribution in [1.82, 2.24) is 15.1 Å². The number of ether oxygens (including phenoxy) is 2. The van der Waals surface area contributed by atoms with Gasteiger partial charge in [0.2, 0.25) is 0 Å². The van der Waals surface area contributed by atoms with Gasteiger partial charge in [0, 0.05) is 24.3 Å².